The maximum atomic E-state index is 14.0. The molecule has 1 aromatic heterocycles. The average Bonchev–Trinajstić information content (AvgIpc) is 3.00. The molecular weight excluding hydrogens is 369 g/mol. The number of aryl methyl sites for hydroxylation is 1. The summed E-state index contributed by atoms with van der Waals surface area (Å²) >= 11 is 1.14. The second kappa shape index (κ2) is 7.75. The van der Waals surface area contributed by atoms with Crippen LogP contribution in [-0.4, -0.2) is 25.1 Å². The van der Waals surface area contributed by atoms with Crippen LogP contribution in [0.4, 0.5) is 10.1 Å². The zero-order valence-corrected chi connectivity index (χ0v) is 15.9. The molecule has 0 radical (unpaired) electrons. The first-order chi connectivity index (χ1) is 12.9. The maximum Gasteiger partial charge on any atom is 0.349 e. The van der Waals surface area contributed by atoms with E-state index in [4.69, 9.17) is 9.47 Å². The molecule has 0 aliphatic heterocycles. The lowest BCUT2D eigenvalue weighted by Gasteiger charge is -2.15. The van der Waals surface area contributed by atoms with Crippen LogP contribution >= 0.6 is 11.3 Å². The van der Waals surface area contributed by atoms with Crippen LogP contribution in [0.2, 0.25) is 0 Å². The van der Waals surface area contributed by atoms with Gasteiger partial charge in [-0.3, -0.25) is 4.79 Å². The fourth-order valence-electron chi connectivity index (χ4n) is 2.70. The standard InChI is InChI=1S/C20H18FNO4S/c1-11-17-13(21)7-6-10-16(17)27-18(11)20(24)26-12(2)19(23)22-14-8-4-5-9-15(14)25-3/h4-10,12H,1-3H3,(H,22,23)/t12-/m1/s1. The number of rotatable bonds is 5. The molecule has 5 nitrogen and oxygen atoms in total. The third kappa shape index (κ3) is 3.78. The summed E-state index contributed by atoms with van der Waals surface area (Å²) in [6, 6.07) is 11.6. The van der Waals surface area contributed by atoms with Crippen molar-refractivity contribution in [1.29, 1.82) is 0 Å². The van der Waals surface area contributed by atoms with Crippen LogP contribution < -0.4 is 10.1 Å². The van der Waals surface area contributed by atoms with E-state index in [-0.39, 0.29) is 10.7 Å². The molecule has 27 heavy (non-hydrogen) atoms. The minimum atomic E-state index is -1.03. The SMILES string of the molecule is COc1ccccc1NC(=O)[C@@H](C)OC(=O)c1sc2cccc(F)c2c1C. The number of amides is 1. The number of esters is 1. The number of anilines is 1. The number of para-hydroxylation sites is 2. The first-order valence-electron chi connectivity index (χ1n) is 8.25. The van der Waals surface area contributed by atoms with Crippen molar-refractivity contribution >= 4 is 39.0 Å². The van der Waals surface area contributed by atoms with E-state index in [1.807, 2.05) is 0 Å². The van der Waals surface area contributed by atoms with E-state index in [1.54, 1.807) is 43.3 Å². The van der Waals surface area contributed by atoms with Gasteiger partial charge in [0.25, 0.3) is 5.91 Å². The first-order valence-corrected chi connectivity index (χ1v) is 9.06. The Labute approximate surface area is 159 Å². The van der Waals surface area contributed by atoms with E-state index in [0.29, 0.717) is 27.1 Å². The van der Waals surface area contributed by atoms with E-state index >= 15 is 0 Å². The van der Waals surface area contributed by atoms with Crippen LogP contribution in [0.25, 0.3) is 10.1 Å². The zero-order valence-electron chi connectivity index (χ0n) is 15.0. The van der Waals surface area contributed by atoms with Crippen molar-refractivity contribution < 1.29 is 23.5 Å². The molecule has 0 bridgehead atoms. The highest BCUT2D eigenvalue weighted by Crippen LogP contribution is 2.33. The van der Waals surface area contributed by atoms with Crippen molar-refractivity contribution in [2.45, 2.75) is 20.0 Å². The van der Waals surface area contributed by atoms with Gasteiger partial charge in [-0.15, -0.1) is 11.3 Å². The lowest BCUT2D eigenvalue weighted by atomic mass is 10.1. The van der Waals surface area contributed by atoms with E-state index in [2.05, 4.69) is 5.32 Å². The molecule has 3 rings (SSSR count). The topological polar surface area (TPSA) is 64.6 Å². The Balaban J connectivity index is 1.75. The summed E-state index contributed by atoms with van der Waals surface area (Å²) in [5.41, 5.74) is 0.989. The summed E-state index contributed by atoms with van der Waals surface area (Å²) in [5, 5.41) is 3.07. The number of halogens is 1. The van der Waals surface area contributed by atoms with Gasteiger partial charge < -0.3 is 14.8 Å². The van der Waals surface area contributed by atoms with Crippen LogP contribution in [0.15, 0.2) is 42.5 Å². The molecule has 1 atom stereocenters. The number of thiophene rings is 1. The number of carbonyl (C=O) groups excluding carboxylic acids is 2. The van der Waals surface area contributed by atoms with Gasteiger partial charge in [0, 0.05) is 10.1 Å². The average molecular weight is 387 g/mol. The molecule has 0 saturated heterocycles. The predicted molar refractivity (Wildman–Crippen MR) is 103 cm³/mol. The number of fused-ring (bicyclic) bond motifs is 1. The van der Waals surface area contributed by atoms with Crippen LogP contribution in [0, 0.1) is 12.7 Å². The van der Waals surface area contributed by atoms with Crippen LogP contribution in [0.5, 0.6) is 5.75 Å². The van der Waals surface area contributed by atoms with Crippen molar-refractivity contribution in [2.24, 2.45) is 0 Å². The third-order valence-electron chi connectivity index (χ3n) is 4.11. The smallest absolute Gasteiger partial charge is 0.349 e. The van der Waals surface area contributed by atoms with Crippen LogP contribution in [0.3, 0.4) is 0 Å². The second-order valence-corrected chi connectivity index (χ2v) is 6.96. The molecule has 1 amide bonds. The number of methoxy groups -OCH3 is 1. The quantitative estimate of drug-likeness (QED) is 0.653. The van der Waals surface area contributed by atoms with E-state index in [1.165, 1.54) is 20.1 Å². The molecular formula is C20H18FNO4S. The molecule has 2 aromatic carbocycles. The summed E-state index contributed by atoms with van der Waals surface area (Å²) in [5.74, 6) is -1.03. The molecule has 140 valence electrons. The van der Waals surface area contributed by atoms with Gasteiger partial charge in [0.15, 0.2) is 6.10 Å². The van der Waals surface area contributed by atoms with Crippen LogP contribution in [0.1, 0.15) is 22.2 Å². The number of nitrogens with one attached hydrogen (secondary N) is 1. The summed E-state index contributed by atoms with van der Waals surface area (Å²) in [6.07, 6.45) is -1.03. The Hall–Kier alpha value is -2.93. The molecule has 0 saturated carbocycles. The van der Waals surface area contributed by atoms with Crippen molar-refractivity contribution in [3.8, 4) is 5.75 Å². The number of ether oxygens (including phenoxy) is 2. The lowest BCUT2D eigenvalue weighted by Crippen LogP contribution is -2.30. The van der Waals surface area contributed by atoms with E-state index in [0.717, 1.165) is 11.3 Å². The van der Waals surface area contributed by atoms with Crippen molar-refractivity contribution in [1.82, 2.24) is 0 Å². The summed E-state index contributed by atoms with van der Waals surface area (Å²) < 4.78 is 25.1. The number of hydrogen-bond donors (Lipinski definition) is 1. The minimum Gasteiger partial charge on any atom is -0.495 e. The van der Waals surface area contributed by atoms with Gasteiger partial charge in [0.1, 0.15) is 16.4 Å². The molecule has 1 heterocycles. The van der Waals surface area contributed by atoms with Crippen molar-refractivity contribution in [3.05, 3.63) is 58.7 Å². The number of carbonyl (C=O) groups is 2. The zero-order chi connectivity index (χ0) is 19.6. The van der Waals surface area contributed by atoms with Gasteiger partial charge >= 0.3 is 5.97 Å². The van der Waals surface area contributed by atoms with Gasteiger partial charge in [0.05, 0.1) is 12.8 Å². The summed E-state index contributed by atoms with van der Waals surface area (Å²) in [6.45, 7) is 3.14. The largest absolute Gasteiger partial charge is 0.495 e. The molecule has 0 fully saturated rings. The van der Waals surface area contributed by atoms with Crippen molar-refractivity contribution in [3.63, 3.8) is 0 Å². The van der Waals surface area contributed by atoms with Gasteiger partial charge in [0.2, 0.25) is 0 Å². The molecule has 0 aliphatic carbocycles. The van der Waals surface area contributed by atoms with Gasteiger partial charge in [-0.1, -0.05) is 18.2 Å². The fraction of sp³-hybridized carbons (Fsp3) is 0.200. The molecule has 0 unspecified atom stereocenters. The number of hydrogen-bond acceptors (Lipinski definition) is 5. The lowest BCUT2D eigenvalue weighted by molar-refractivity contribution is -0.123. The molecule has 3 aromatic rings. The third-order valence-corrected chi connectivity index (χ3v) is 5.34. The van der Waals surface area contributed by atoms with Gasteiger partial charge in [-0.25, -0.2) is 9.18 Å². The summed E-state index contributed by atoms with van der Waals surface area (Å²) in [4.78, 5) is 25.1. The van der Waals surface area contributed by atoms with E-state index in [9.17, 15) is 14.0 Å². The first kappa shape index (κ1) is 18.8. The second-order valence-electron chi connectivity index (χ2n) is 5.91. The number of benzene rings is 2. The van der Waals surface area contributed by atoms with Gasteiger partial charge in [-0.05, 0) is 43.7 Å². The Morgan fingerprint density at radius 1 is 1.15 bits per heavy atom. The van der Waals surface area contributed by atoms with Gasteiger partial charge in [-0.2, -0.15) is 0 Å². The molecule has 7 heteroatoms. The van der Waals surface area contributed by atoms with Crippen LogP contribution in [-0.2, 0) is 9.53 Å². The Kier molecular flexibility index (Phi) is 5.41. The maximum absolute atomic E-state index is 14.0. The fourth-order valence-corrected chi connectivity index (χ4v) is 3.80. The molecule has 0 aliphatic rings. The molecule has 0 spiro atoms. The highest BCUT2D eigenvalue weighted by Gasteiger charge is 2.24. The highest BCUT2D eigenvalue weighted by atomic mass is 32.1. The highest BCUT2D eigenvalue weighted by molar-refractivity contribution is 7.21. The minimum absolute atomic E-state index is 0.284. The van der Waals surface area contributed by atoms with Crippen molar-refractivity contribution in [2.75, 3.05) is 12.4 Å². The monoisotopic (exact) mass is 387 g/mol. The predicted octanol–water partition coefficient (Wildman–Crippen LogP) is 4.54. The Bertz CT molecular complexity index is 1010. The summed E-state index contributed by atoms with van der Waals surface area (Å²) in [7, 11) is 1.50. The Morgan fingerprint density at radius 2 is 1.89 bits per heavy atom. The normalized spacial score (nSPS) is 11.9. The van der Waals surface area contributed by atoms with E-state index < -0.39 is 18.0 Å². The Morgan fingerprint density at radius 3 is 2.59 bits per heavy atom. The molecule has 1 N–H and O–H groups in total.